The number of hydrogen-bond donors (Lipinski definition) is 0. The van der Waals surface area contributed by atoms with Crippen molar-refractivity contribution in [2.24, 2.45) is 0 Å². The smallest absolute Gasteiger partial charge is 0.135 e. The Morgan fingerprint density at radius 1 is 1.06 bits per heavy atom. The first-order chi connectivity index (χ1) is 15.3. The number of pyridine rings is 1. The monoisotopic (exact) mass is 421 g/mol. The van der Waals surface area contributed by atoms with Crippen LogP contribution in [0.1, 0.15) is 60.8 Å². The minimum Gasteiger partial charge on any atom is -0.381 e. The van der Waals surface area contributed by atoms with Crippen LogP contribution in [-0.4, -0.2) is 65.3 Å². The number of nitrogens with zero attached hydrogens (tertiary/aromatic N) is 5. The molecule has 2 aromatic rings. The highest BCUT2D eigenvalue weighted by molar-refractivity contribution is 5.51. The van der Waals surface area contributed by atoms with Crippen LogP contribution in [-0.2, 0) is 17.6 Å². The first kappa shape index (κ1) is 20.8. The van der Waals surface area contributed by atoms with Crippen molar-refractivity contribution in [3.05, 3.63) is 47.2 Å². The van der Waals surface area contributed by atoms with E-state index in [1.54, 1.807) is 0 Å². The summed E-state index contributed by atoms with van der Waals surface area (Å²) in [5.74, 6) is 2.70. The molecule has 0 amide bonds. The topological polar surface area (TPSA) is 54.4 Å². The number of ether oxygens (including phenoxy) is 1. The van der Waals surface area contributed by atoms with Crippen LogP contribution in [0, 0.1) is 6.92 Å². The zero-order valence-electron chi connectivity index (χ0n) is 18.8. The predicted molar refractivity (Wildman–Crippen MR) is 123 cm³/mol. The molecule has 166 valence electrons. The van der Waals surface area contributed by atoms with Crippen LogP contribution in [0.15, 0.2) is 24.4 Å². The van der Waals surface area contributed by atoms with E-state index in [1.807, 2.05) is 12.3 Å². The summed E-state index contributed by atoms with van der Waals surface area (Å²) in [6, 6.07) is 6.85. The van der Waals surface area contributed by atoms with Crippen molar-refractivity contribution in [3.63, 3.8) is 0 Å². The summed E-state index contributed by atoms with van der Waals surface area (Å²) in [7, 11) is 0. The molecule has 3 aliphatic rings. The van der Waals surface area contributed by atoms with E-state index in [-0.39, 0.29) is 0 Å². The minimum atomic E-state index is 0.445. The Morgan fingerprint density at radius 3 is 2.81 bits per heavy atom. The van der Waals surface area contributed by atoms with Crippen LogP contribution >= 0.6 is 0 Å². The Bertz CT molecular complexity index is 868. The summed E-state index contributed by atoms with van der Waals surface area (Å²) in [5, 5.41) is 0. The summed E-state index contributed by atoms with van der Waals surface area (Å²) in [4.78, 5) is 19.9. The number of aromatic nitrogens is 3. The van der Waals surface area contributed by atoms with Crippen LogP contribution in [0.3, 0.4) is 0 Å². The number of hydrogen-bond acceptors (Lipinski definition) is 6. The standard InChI is InChI=1S/C25H35N5O/c1-19-23-8-5-13-29(15-9-21-7-2-3-12-26-21)25(23)28-24(27-19)20-6-4-14-30(18-20)22-10-16-31-17-11-22/h2-3,7,12,20,22H,4-6,8-11,13-18H2,1H3/t20-/m0/s1. The molecule has 0 spiro atoms. The molecule has 0 radical (unpaired) electrons. The Labute approximate surface area is 186 Å². The lowest BCUT2D eigenvalue weighted by Crippen LogP contribution is -2.45. The number of piperidine rings is 1. The van der Waals surface area contributed by atoms with Crippen molar-refractivity contribution in [2.45, 2.75) is 63.8 Å². The van der Waals surface area contributed by atoms with E-state index in [9.17, 15) is 0 Å². The molecule has 2 aromatic heterocycles. The van der Waals surface area contributed by atoms with Crippen molar-refractivity contribution in [1.29, 1.82) is 0 Å². The second kappa shape index (κ2) is 9.61. The largest absolute Gasteiger partial charge is 0.381 e. The average Bonchev–Trinajstić information content (AvgIpc) is 2.84. The number of likely N-dealkylation sites (tertiary alicyclic amines) is 1. The van der Waals surface area contributed by atoms with E-state index in [0.29, 0.717) is 12.0 Å². The Kier molecular flexibility index (Phi) is 6.46. The third-order valence-corrected chi connectivity index (χ3v) is 7.25. The second-order valence-corrected chi connectivity index (χ2v) is 9.31. The van der Waals surface area contributed by atoms with Gasteiger partial charge in [0.1, 0.15) is 11.6 Å². The molecule has 0 saturated carbocycles. The van der Waals surface area contributed by atoms with Gasteiger partial charge in [-0.2, -0.15) is 0 Å². The molecule has 6 heteroatoms. The normalized spacial score (nSPS) is 23.0. The van der Waals surface area contributed by atoms with Gasteiger partial charge in [0.25, 0.3) is 0 Å². The van der Waals surface area contributed by atoms with E-state index in [0.717, 1.165) is 70.0 Å². The van der Waals surface area contributed by atoms with Gasteiger partial charge in [-0.3, -0.25) is 9.88 Å². The van der Waals surface area contributed by atoms with Crippen LogP contribution in [0.5, 0.6) is 0 Å². The van der Waals surface area contributed by atoms with Crippen molar-refractivity contribution in [2.75, 3.05) is 44.3 Å². The van der Waals surface area contributed by atoms with E-state index in [1.165, 1.54) is 42.9 Å². The highest BCUT2D eigenvalue weighted by atomic mass is 16.5. The summed E-state index contributed by atoms with van der Waals surface area (Å²) in [5.41, 5.74) is 3.69. The molecule has 0 aliphatic carbocycles. The van der Waals surface area contributed by atoms with Crippen LogP contribution < -0.4 is 4.90 Å². The molecule has 1 atom stereocenters. The van der Waals surface area contributed by atoms with Crippen molar-refractivity contribution >= 4 is 5.82 Å². The maximum Gasteiger partial charge on any atom is 0.135 e. The van der Waals surface area contributed by atoms with Gasteiger partial charge < -0.3 is 9.64 Å². The van der Waals surface area contributed by atoms with E-state index in [4.69, 9.17) is 14.7 Å². The Morgan fingerprint density at radius 2 is 1.97 bits per heavy atom. The van der Waals surface area contributed by atoms with Gasteiger partial charge in [0.15, 0.2) is 0 Å². The molecule has 3 aliphatic heterocycles. The molecule has 5 heterocycles. The minimum absolute atomic E-state index is 0.445. The molecule has 5 rings (SSSR count). The van der Waals surface area contributed by atoms with E-state index >= 15 is 0 Å². The van der Waals surface area contributed by atoms with Gasteiger partial charge in [-0.25, -0.2) is 9.97 Å². The van der Waals surface area contributed by atoms with Crippen molar-refractivity contribution in [1.82, 2.24) is 19.9 Å². The van der Waals surface area contributed by atoms with E-state index in [2.05, 4.69) is 33.8 Å². The van der Waals surface area contributed by atoms with Gasteiger partial charge in [-0.05, 0) is 64.1 Å². The number of fused-ring (bicyclic) bond motifs is 1. The van der Waals surface area contributed by atoms with Gasteiger partial charge >= 0.3 is 0 Å². The molecule has 2 saturated heterocycles. The summed E-state index contributed by atoms with van der Waals surface area (Å²) in [6.45, 7) is 8.36. The zero-order valence-corrected chi connectivity index (χ0v) is 18.8. The summed E-state index contributed by atoms with van der Waals surface area (Å²) in [6.07, 6.45) is 9.89. The molecule has 31 heavy (non-hydrogen) atoms. The maximum absolute atomic E-state index is 5.59. The zero-order chi connectivity index (χ0) is 21.0. The number of anilines is 1. The van der Waals surface area contributed by atoms with Gasteiger partial charge in [-0.15, -0.1) is 0 Å². The summed E-state index contributed by atoms with van der Waals surface area (Å²) < 4.78 is 5.59. The predicted octanol–water partition coefficient (Wildman–Crippen LogP) is 3.53. The fourth-order valence-electron chi connectivity index (χ4n) is 5.50. The third kappa shape index (κ3) is 4.75. The lowest BCUT2D eigenvalue weighted by Gasteiger charge is -2.40. The third-order valence-electron chi connectivity index (χ3n) is 7.25. The van der Waals surface area contributed by atoms with Crippen LogP contribution in [0.2, 0.25) is 0 Å². The Balaban J connectivity index is 1.33. The van der Waals surface area contributed by atoms with Crippen molar-refractivity contribution < 1.29 is 4.74 Å². The molecule has 2 fully saturated rings. The highest BCUT2D eigenvalue weighted by Crippen LogP contribution is 2.33. The first-order valence-electron chi connectivity index (χ1n) is 12.1. The molecule has 6 nitrogen and oxygen atoms in total. The van der Waals surface area contributed by atoms with Gasteiger partial charge in [0.2, 0.25) is 0 Å². The average molecular weight is 422 g/mol. The lowest BCUT2D eigenvalue weighted by atomic mass is 9.93. The SMILES string of the molecule is Cc1nc([C@H]2CCCN(C3CCOCC3)C2)nc2c1CCCN2CCc1ccccn1. The molecule has 0 unspecified atom stereocenters. The highest BCUT2D eigenvalue weighted by Gasteiger charge is 2.31. The number of rotatable bonds is 5. The van der Waals surface area contributed by atoms with Gasteiger partial charge in [0.05, 0.1) is 0 Å². The quantitative estimate of drug-likeness (QED) is 0.736. The molecule has 0 bridgehead atoms. The van der Waals surface area contributed by atoms with E-state index < -0.39 is 0 Å². The molecule has 0 N–H and O–H groups in total. The molecular formula is C25H35N5O. The molecule has 0 aromatic carbocycles. The fourth-order valence-corrected chi connectivity index (χ4v) is 5.50. The van der Waals surface area contributed by atoms with Crippen molar-refractivity contribution in [3.8, 4) is 0 Å². The van der Waals surface area contributed by atoms with Crippen LogP contribution in [0.25, 0.3) is 0 Å². The van der Waals surface area contributed by atoms with Gasteiger partial charge in [0, 0.05) is 74.4 Å². The lowest BCUT2D eigenvalue weighted by molar-refractivity contribution is 0.0235. The first-order valence-corrected chi connectivity index (χ1v) is 12.1. The van der Waals surface area contributed by atoms with Gasteiger partial charge in [-0.1, -0.05) is 6.07 Å². The molecular weight excluding hydrogens is 386 g/mol. The number of aryl methyl sites for hydroxylation is 1. The maximum atomic E-state index is 5.59. The Hall–Kier alpha value is -2.05. The second-order valence-electron chi connectivity index (χ2n) is 9.31. The fraction of sp³-hybridized carbons (Fsp3) is 0.640. The van der Waals surface area contributed by atoms with Crippen LogP contribution in [0.4, 0.5) is 5.82 Å². The summed E-state index contributed by atoms with van der Waals surface area (Å²) >= 11 is 0.